The molecule has 0 spiro atoms. The highest BCUT2D eigenvalue weighted by atomic mass is 16.5. The molecule has 3 rings (SSSR count). The minimum Gasteiger partial charge on any atom is -0.481 e. The summed E-state index contributed by atoms with van der Waals surface area (Å²) in [6.07, 6.45) is 6.65. The first-order valence-corrected chi connectivity index (χ1v) is 7.84. The molecule has 2 aliphatic rings. The zero-order chi connectivity index (χ0) is 13.8. The Hall–Kier alpha value is -1.13. The number of hydrogen-bond acceptors (Lipinski definition) is 4. The van der Waals surface area contributed by atoms with Gasteiger partial charge in [-0.1, -0.05) is 12.5 Å². The van der Waals surface area contributed by atoms with Gasteiger partial charge >= 0.3 is 0 Å². The summed E-state index contributed by atoms with van der Waals surface area (Å²) in [5.74, 6) is 0.718. The lowest BCUT2D eigenvalue weighted by Gasteiger charge is -2.39. The fraction of sp³-hybridized carbons (Fsp3) is 0.688. The molecule has 2 fully saturated rings. The van der Waals surface area contributed by atoms with Gasteiger partial charge in [-0.15, -0.1) is 0 Å². The third-order valence-corrected chi connectivity index (χ3v) is 4.58. The normalized spacial score (nSPS) is 27.6. The molecular weight excluding hydrogens is 250 g/mol. The molecule has 1 N–H and O–H groups in total. The van der Waals surface area contributed by atoms with E-state index in [0.717, 1.165) is 18.1 Å². The quantitative estimate of drug-likeness (QED) is 0.914. The largest absolute Gasteiger partial charge is 0.481 e. The second kappa shape index (κ2) is 6.55. The van der Waals surface area contributed by atoms with Gasteiger partial charge in [0.25, 0.3) is 0 Å². The summed E-state index contributed by atoms with van der Waals surface area (Å²) in [6.45, 7) is 3.33. The number of hydrogen-bond donors (Lipinski definition) is 1. The number of rotatable bonds is 4. The summed E-state index contributed by atoms with van der Waals surface area (Å²) in [6, 6.07) is 7.42. The van der Waals surface area contributed by atoms with Crippen LogP contribution in [-0.4, -0.2) is 42.2 Å². The fourth-order valence-corrected chi connectivity index (χ4v) is 3.58. The van der Waals surface area contributed by atoms with Crippen molar-refractivity contribution in [2.24, 2.45) is 0 Å². The van der Waals surface area contributed by atoms with E-state index in [-0.39, 0.29) is 0 Å². The third kappa shape index (κ3) is 3.13. The van der Waals surface area contributed by atoms with E-state index in [0.29, 0.717) is 12.1 Å². The molecular formula is C16H25N3O. The van der Waals surface area contributed by atoms with Crippen molar-refractivity contribution in [3.8, 4) is 5.88 Å². The van der Waals surface area contributed by atoms with Crippen molar-refractivity contribution in [3.63, 3.8) is 0 Å². The molecule has 1 aromatic heterocycles. The molecule has 3 heterocycles. The van der Waals surface area contributed by atoms with Gasteiger partial charge in [0.2, 0.25) is 5.88 Å². The predicted octanol–water partition coefficient (Wildman–Crippen LogP) is 2.20. The van der Waals surface area contributed by atoms with Crippen LogP contribution >= 0.6 is 0 Å². The van der Waals surface area contributed by atoms with Crippen LogP contribution in [0.25, 0.3) is 0 Å². The average Bonchev–Trinajstić information content (AvgIpc) is 3.02. The first-order valence-electron chi connectivity index (χ1n) is 7.84. The zero-order valence-electron chi connectivity index (χ0n) is 12.3. The summed E-state index contributed by atoms with van der Waals surface area (Å²) in [4.78, 5) is 7.18. The maximum absolute atomic E-state index is 5.23. The van der Waals surface area contributed by atoms with Gasteiger partial charge in [0.05, 0.1) is 12.8 Å². The summed E-state index contributed by atoms with van der Waals surface area (Å²) in [7, 11) is 1.68. The predicted molar refractivity (Wildman–Crippen MR) is 79.9 cm³/mol. The number of likely N-dealkylation sites (tertiary alicyclic amines) is 1. The molecule has 0 saturated carbocycles. The van der Waals surface area contributed by atoms with Crippen molar-refractivity contribution in [2.45, 2.75) is 50.7 Å². The fourth-order valence-electron chi connectivity index (χ4n) is 3.58. The van der Waals surface area contributed by atoms with Crippen molar-refractivity contribution in [3.05, 3.63) is 23.9 Å². The van der Waals surface area contributed by atoms with Gasteiger partial charge in [0.15, 0.2) is 0 Å². The Labute approximate surface area is 121 Å². The maximum Gasteiger partial charge on any atom is 0.213 e. The average molecular weight is 275 g/mol. The number of aromatic nitrogens is 1. The van der Waals surface area contributed by atoms with Crippen molar-refractivity contribution in [2.75, 3.05) is 20.2 Å². The van der Waals surface area contributed by atoms with Crippen LogP contribution in [0.15, 0.2) is 18.2 Å². The van der Waals surface area contributed by atoms with E-state index in [9.17, 15) is 0 Å². The SMILES string of the molecule is COc1cccc(CN2CCCCC2C2CCCN2)n1. The highest BCUT2D eigenvalue weighted by Gasteiger charge is 2.31. The molecule has 4 nitrogen and oxygen atoms in total. The zero-order valence-corrected chi connectivity index (χ0v) is 12.3. The Bertz CT molecular complexity index is 431. The number of piperidine rings is 1. The monoisotopic (exact) mass is 275 g/mol. The van der Waals surface area contributed by atoms with Crippen molar-refractivity contribution < 1.29 is 4.74 Å². The molecule has 0 aliphatic carbocycles. The van der Waals surface area contributed by atoms with E-state index in [1.54, 1.807) is 7.11 Å². The molecule has 2 unspecified atom stereocenters. The van der Waals surface area contributed by atoms with Crippen LogP contribution in [0.3, 0.4) is 0 Å². The lowest BCUT2D eigenvalue weighted by molar-refractivity contribution is 0.111. The second-order valence-electron chi connectivity index (χ2n) is 5.91. The Kier molecular flexibility index (Phi) is 4.53. The molecule has 0 radical (unpaired) electrons. The van der Waals surface area contributed by atoms with E-state index in [2.05, 4.69) is 21.3 Å². The van der Waals surface area contributed by atoms with Crippen molar-refractivity contribution in [1.29, 1.82) is 0 Å². The summed E-state index contributed by atoms with van der Waals surface area (Å²) in [5, 5.41) is 3.68. The highest BCUT2D eigenvalue weighted by molar-refractivity contribution is 5.15. The Balaban J connectivity index is 1.69. The Morgan fingerprint density at radius 3 is 3.05 bits per heavy atom. The van der Waals surface area contributed by atoms with E-state index < -0.39 is 0 Å². The first-order chi connectivity index (χ1) is 9.86. The molecule has 20 heavy (non-hydrogen) atoms. The van der Waals surface area contributed by atoms with Crippen LogP contribution in [0, 0.1) is 0 Å². The van der Waals surface area contributed by atoms with Crippen LogP contribution in [0.2, 0.25) is 0 Å². The number of ether oxygens (including phenoxy) is 1. The molecule has 2 atom stereocenters. The molecule has 110 valence electrons. The number of methoxy groups -OCH3 is 1. The van der Waals surface area contributed by atoms with Crippen molar-refractivity contribution >= 4 is 0 Å². The minimum absolute atomic E-state index is 0.680. The highest BCUT2D eigenvalue weighted by Crippen LogP contribution is 2.25. The van der Waals surface area contributed by atoms with Gasteiger partial charge in [0.1, 0.15) is 0 Å². The van der Waals surface area contributed by atoms with Gasteiger partial charge in [-0.3, -0.25) is 4.90 Å². The molecule has 4 heteroatoms. The molecule has 0 aromatic carbocycles. The molecule has 2 aliphatic heterocycles. The van der Waals surface area contributed by atoms with Gasteiger partial charge in [-0.25, -0.2) is 4.98 Å². The van der Waals surface area contributed by atoms with E-state index in [1.165, 1.54) is 45.2 Å². The molecule has 0 bridgehead atoms. The third-order valence-electron chi connectivity index (χ3n) is 4.58. The summed E-state index contributed by atoms with van der Waals surface area (Å²) < 4.78 is 5.23. The van der Waals surface area contributed by atoms with Crippen LogP contribution in [0.5, 0.6) is 5.88 Å². The molecule has 2 saturated heterocycles. The Morgan fingerprint density at radius 1 is 1.30 bits per heavy atom. The molecule has 1 aromatic rings. The summed E-state index contributed by atoms with van der Waals surface area (Å²) >= 11 is 0. The van der Waals surface area contributed by atoms with E-state index >= 15 is 0 Å². The smallest absolute Gasteiger partial charge is 0.213 e. The van der Waals surface area contributed by atoms with Gasteiger partial charge in [-0.05, 0) is 44.8 Å². The molecule has 0 amide bonds. The minimum atomic E-state index is 0.680. The Morgan fingerprint density at radius 2 is 2.25 bits per heavy atom. The van der Waals surface area contributed by atoms with Crippen LogP contribution < -0.4 is 10.1 Å². The van der Waals surface area contributed by atoms with E-state index in [4.69, 9.17) is 4.74 Å². The van der Waals surface area contributed by atoms with Gasteiger partial charge in [0, 0.05) is 24.7 Å². The summed E-state index contributed by atoms with van der Waals surface area (Å²) in [5.41, 5.74) is 1.12. The van der Waals surface area contributed by atoms with Gasteiger partial charge in [-0.2, -0.15) is 0 Å². The topological polar surface area (TPSA) is 37.4 Å². The van der Waals surface area contributed by atoms with Crippen molar-refractivity contribution in [1.82, 2.24) is 15.2 Å². The second-order valence-corrected chi connectivity index (χ2v) is 5.91. The van der Waals surface area contributed by atoms with Crippen LogP contribution in [0.1, 0.15) is 37.8 Å². The standard InChI is InChI=1S/C16H25N3O/c1-20-16-9-4-6-13(18-16)12-19-11-3-2-8-15(19)14-7-5-10-17-14/h4,6,9,14-15,17H,2-3,5,7-8,10-12H2,1H3. The van der Waals surface area contributed by atoms with Crippen LogP contribution in [0.4, 0.5) is 0 Å². The first kappa shape index (κ1) is 13.8. The van der Waals surface area contributed by atoms with E-state index in [1.807, 2.05) is 12.1 Å². The van der Waals surface area contributed by atoms with Gasteiger partial charge < -0.3 is 10.1 Å². The number of nitrogens with one attached hydrogen (secondary N) is 1. The lowest BCUT2D eigenvalue weighted by atomic mass is 9.94. The lowest BCUT2D eigenvalue weighted by Crippen LogP contribution is -2.49. The number of pyridine rings is 1. The maximum atomic E-state index is 5.23. The number of nitrogens with zero attached hydrogens (tertiary/aromatic N) is 2. The van der Waals surface area contributed by atoms with Crippen LogP contribution in [-0.2, 0) is 6.54 Å².